The number of alkyl halides is 3. The van der Waals surface area contributed by atoms with Crippen LogP contribution in [0.15, 0.2) is 29.1 Å². The van der Waals surface area contributed by atoms with Crippen LogP contribution in [0.4, 0.5) is 19.1 Å². The van der Waals surface area contributed by atoms with Gasteiger partial charge in [-0.2, -0.15) is 13.2 Å². The average Bonchev–Trinajstić information content (AvgIpc) is 3.01. The minimum Gasteiger partial charge on any atom is -0.369 e. The highest BCUT2D eigenvalue weighted by Crippen LogP contribution is 2.31. The van der Waals surface area contributed by atoms with Gasteiger partial charge in [-0.1, -0.05) is 0 Å². The topological polar surface area (TPSA) is 56.7 Å². The Bertz CT molecular complexity index is 762. The van der Waals surface area contributed by atoms with Crippen LogP contribution in [0, 0.1) is 0 Å². The molecule has 0 unspecified atom stereocenters. The van der Waals surface area contributed by atoms with Crippen LogP contribution in [0.3, 0.4) is 0 Å². The Balaban J connectivity index is 1.94. The molecule has 0 saturated heterocycles. The zero-order chi connectivity index (χ0) is 15.0. The van der Waals surface area contributed by atoms with Crippen LogP contribution in [0.25, 0.3) is 11.0 Å². The molecule has 3 aromatic rings. The molecular formula is C13H11F3N4S. The molecule has 1 aromatic carbocycles. The van der Waals surface area contributed by atoms with Gasteiger partial charge < -0.3 is 10.3 Å². The van der Waals surface area contributed by atoms with Crippen molar-refractivity contribution in [1.82, 2.24) is 14.5 Å². The number of nitrogens with zero attached hydrogens (tertiary/aromatic N) is 3. The van der Waals surface area contributed by atoms with Gasteiger partial charge in [0.1, 0.15) is 0 Å². The molecule has 2 N–H and O–H groups in total. The Kier molecular flexibility index (Phi) is 3.32. The molecule has 0 aliphatic rings. The fourth-order valence-electron chi connectivity index (χ4n) is 2.15. The summed E-state index contributed by atoms with van der Waals surface area (Å²) in [5, 5.41) is 1.93. The van der Waals surface area contributed by atoms with Gasteiger partial charge in [0.05, 0.1) is 27.8 Å². The van der Waals surface area contributed by atoms with Crippen molar-refractivity contribution in [3.8, 4) is 0 Å². The zero-order valence-corrected chi connectivity index (χ0v) is 11.6. The first-order chi connectivity index (χ1) is 9.95. The molecule has 0 atom stereocenters. The highest BCUT2D eigenvalue weighted by Gasteiger charge is 2.31. The number of nitrogens with two attached hydrogens (primary N) is 1. The van der Waals surface area contributed by atoms with E-state index in [0.717, 1.165) is 17.8 Å². The van der Waals surface area contributed by atoms with E-state index in [1.807, 2.05) is 5.38 Å². The van der Waals surface area contributed by atoms with Crippen LogP contribution in [0.1, 0.15) is 11.3 Å². The molecule has 0 aliphatic carbocycles. The number of imidazole rings is 1. The van der Waals surface area contributed by atoms with E-state index in [2.05, 4.69) is 9.97 Å². The largest absolute Gasteiger partial charge is 0.416 e. The van der Waals surface area contributed by atoms with E-state index in [-0.39, 0.29) is 11.5 Å². The Hall–Kier alpha value is -2.09. The van der Waals surface area contributed by atoms with Crippen molar-refractivity contribution in [2.75, 3.05) is 5.73 Å². The third-order valence-electron chi connectivity index (χ3n) is 3.18. The quantitative estimate of drug-likeness (QED) is 0.807. The smallest absolute Gasteiger partial charge is 0.369 e. The second-order valence-electron chi connectivity index (χ2n) is 4.55. The number of fused-ring (bicyclic) bond motifs is 1. The number of halogens is 3. The molecule has 21 heavy (non-hydrogen) atoms. The van der Waals surface area contributed by atoms with Crippen LogP contribution in [0.2, 0.25) is 0 Å². The van der Waals surface area contributed by atoms with Crippen molar-refractivity contribution >= 4 is 28.3 Å². The van der Waals surface area contributed by atoms with Gasteiger partial charge in [-0.3, -0.25) is 0 Å². The SMILES string of the molecule is Nc1nc2cc(C(F)(F)F)ccc2n1CCc1cscn1. The van der Waals surface area contributed by atoms with Crippen LogP contribution in [-0.2, 0) is 19.1 Å². The number of aryl methyl sites for hydroxylation is 2. The van der Waals surface area contributed by atoms with Gasteiger partial charge in [0.25, 0.3) is 0 Å². The molecule has 0 fully saturated rings. The maximum atomic E-state index is 12.7. The Morgan fingerprint density at radius 2 is 2.10 bits per heavy atom. The van der Waals surface area contributed by atoms with Gasteiger partial charge in [0.15, 0.2) is 0 Å². The van der Waals surface area contributed by atoms with Gasteiger partial charge in [-0.25, -0.2) is 9.97 Å². The lowest BCUT2D eigenvalue weighted by atomic mass is 10.2. The second-order valence-corrected chi connectivity index (χ2v) is 5.27. The van der Waals surface area contributed by atoms with Crippen LogP contribution >= 0.6 is 11.3 Å². The van der Waals surface area contributed by atoms with E-state index in [4.69, 9.17) is 5.73 Å². The summed E-state index contributed by atoms with van der Waals surface area (Å²) in [5.74, 6) is 0.208. The molecule has 0 aliphatic heterocycles. The highest BCUT2D eigenvalue weighted by atomic mass is 32.1. The van der Waals surface area contributed by atoms with Gasteiger partial charge in [-0.15, -0.1) is 11.3 Å². The molecule has 0 saturated carbocycles. The summed E-state index contributed by atoms with van der Waals surface area (Å²) in [6.45, 7) is 0.525. The third-order valence-corrected chi connectivity index (χ3v) is 3.82. The minimum absolute atomic E-state index is 0.208. The van der Waals surface area contributed by atoms with E-state index >= 15 is 0 Å². The first kappa shape index (κ1) is 13.9. The minimum atomic E-state index is -4.38. The molecule has 0 spiro atoms. The number of aromatic nitrogens is 3. The molecule has 3 rings (SSSR count). The summed E-state index contributed by atoms with van der Waals surface area (Å²) < 4.78 is 39.8. The predicted molar refractivity (Wildman–Crippen MR) is 75.0 cm³/mol. The molecule has 2 aromatic heterocycles. The number of thiazole rings is 1. The standard InChI is InChI=1S/C13H11F3N4S/c14-13(15,16)8-1-2-11-10(5-8)19-12(17)20(11)4-3-9-6-21-7-18-9/h1-2,5-7H,3-4H2,(H2,17,19). The Labute approximate surface area is 122 Å². The fraction of sp³-hybridized carbons (Fsp3) is 0.231. The van der Waals surface area contributed by atoms with Crippen molar-refractivity contribution in [3.05, 3.63) is 40.3 Å². The van der Waals surface area contributed by atoms with E-state index in [1.165, 1.54) is 17.4 Å². The molecule has 0 amide bonds. The third kappa shape index (κ3) is 2.71. The zero-order valence-electron chi connectivity index (χ0n) is 10.8. The van der Waals surface area contributed by atoms with E-state index in [0.29, 0.717) is 18.5 Å². The first-order valence-electron chi connectivity index (χ1n) is 6.15. The second kappa shape index (κ2) is 5.03. The lowest BCUT2D eigenvalue weighted by Crippen LogP contribution is -2.06. The molecule has 2 heterocycles. The summed E-state index contributed by atoms with van der Waals surface area (Å²) >= 11 is 1.50. The number of hydrogen-bond donors (Lipinski definition) is 1. The first-order valence-corrected chi connectivity index (χ1v) is 7.09. The maximum Gasteiger partial charge on any atom is 0.416 e. The van der Waals surface area contributed by atoms with Gasteiger partial charge in [0.2, 0.25) is 5.95 Å². The molecule has 8 heteroatoms. The normalized spacial score (nSPS) is 12.1. The predicted octanol–water partition coefficient (Wildman–Crippen LogP) is 3.34. The molecule has 110 valence electrons. The van der Waals surface area contributed by atoms with Crippen molar-refractivity contribution in [2.45, 2.75) is 19.1 Å². The summed E-state index contributed by atoms with van der Waals surface area (Å²) in [5.41, 5.74) is 8.59. The van der Waals surface area contributed by atoms with Gasteiger partial charge >= 0.3 is 6.18 Å². The number of rotatable bonds is 3. The lowest BCUT2D eigenvalue weighted by Gasteiger charge is -2.07. The number of hydrogen-bond acceptors (Lipinski definition) is 4. The summed E-state index contributed by atoms with van der Waals surface area (Å²) in [7, 11) is 0. The number of nitrogen functional groups attached to an aromatic ring is 1. The molecule has 0 bridgehead atoms. The van der Waals surface area contributed by atoms with Gasteiger partial charge in [0, 0.05) is 18.3 Å². The maximum absolute atomic E-state index is 12.7. The van der Waals surface area contributed by atoms with E-state index in [9.17, 15) is 13.2 Å². The summed E-state index contributed by atoms with van der Waals surface area (Å²) in [4.78, 5) is 8.18. The van der Waals surface area contributed by atoms with Crippen molar-refractivity contribution in [2.24, 2.45) is 0 Å². The summed E-state index contributed by atoms with van der Waals surface area (Å²) in [6.07, 6.45) is -3.73. The fourth-order valence-corrected chi connectivity index (χ4v) is 2.74. The van der Waals surface area contributed by atoms with Crippen LogP contribution < -0.4 is 5.73 Å². The van der Waals surface area contributed by atoms with E-state index in [1.54, 1.807) is 10.1 Å². The Morgan fingerprint density at radius 3 is 2.76 bits per heavy atom. The lowest BCUT2D eigenvalue weighted by molar-refractivity contribution is -0.137. The summed E-state index contributed by atoms with van der Waals surface area (Å²) in [6, 6.07) is 3.47. The highest BCUT2D eigenvalue weighted by molar-refractivity contribution is 7.07. The molecule has 0 radical (unpaired) electrons. The van der Waals surface area contributed by atoms with E-state index < -0.39 is 11.7 Å². The van der Waals surface area contributed by atoms with Crippen molar-refractivity contribution in [3.63, 3.8) is 0 Å². The van der Waals surface area contributed by atoms with Crippen LogP contribution in [-0.4, -0.2) is 14.5 Å². The number of benzene rings is 1. The Morgan fingerprint density at radius 1 is 1.29 bits per heavy atom. The average molecular weight is 312 g/mol. The van der Waals surface area contributed by atoms with Crippen molar-refractivity contribution < 1.29 is 13.2 Å². The number of anilines is 1. The molecular weight excluding hydrogens is 301 g/mol. The van der Waals surface area contributed by atoms with Crippen LogP contribution in [0.5, 0.6) is 0 Å². The van der Waals surface area contributed by atoms with Crippen molar-refractivity contribution in [1.29, 1.82) is 0 Å². The van der Waals surface area contributed by atoms with Gasteiger partial charge in [-0.05, 0) is 18.2 Å². The molecule has 4 nitrogen and oxygen atoms in total. The monoisotopic (exact) mass is 312 g/mol.